The number of halogens is 4. The zero-order chi connectivity index (χ0) is 22.2. The average molecular weight is 457 g/mol. The van der Waals surface area contributed by atoms with Crippen molar-refractivity contribution in [2.45, 2.75) is 23.6 Å². The van der Waals surface area contributed by atoms with E-state index in [1.54, 1.807) is 0 Å². The molecule has 1 saturated heterocycles. The fourth-order valence-electron chi connectivity index (χ4n) is 3.12. The highest BCUT2D eigenvalue weighted by Gasteiger charge is 2.38. The van der Waals surface area contributed by atoms with Gasteiger partial charge in [0.2, 0.25) is 15.8 Å². The molecule has 0 N–H and O–H groups in total. The summed E-state index contributed by atoms with van der Waals surface area (Å²) in [6.07, 6.45) is -4.74. The first-order valence-corrected chi connectivity index (χ1v) is 10.5. The van der Waals surface area contributed by atoms with Crippen LogP contribution >= 0.6 is 0 Å². The molecule has 12 heteroatoms. The van der Waals surface area contributed by atoms with Crippen molar-refractivity contribution in [3.8, 4) is 17.1 Å². The van der Waals surface area contributed by atoms with Crippen molar-refractivity contribution in [3.05, 3.63) is 60.2 Å². The fraction of sp³-hybridized carbons (Fsp3) is 0.263. The Balaban J connectivity index is 1.41. The molecule has 31 heavy (non-hydrogen) atoms. The third-order valence-electron chi connectivity index (χ3n) is 4.63. The van der Waals surface area contributed by atoms with Gasteiger partial charge in [0, 0.05) is 12.1 Å². The van der Waals surface area contributed by atoms with Crippen LogP contribution in [0.25, 0.3) is 11.4 Å². The van der Waals surface area contributed by atoms with Crippen LogP contribution in [0, 0.1) is 5.82 Å². The molecule has 7 nitrogen and oxygen atoms in total. The molecule has 164 valence electrons. The Morgan fingerprint density at radius 1 is 1.13 bits per heavy atom. The van der Waals surface area contributed by atoms with E-state index in [4.69, 9.17) is 4.74 Å². The van der Waals surface area contributed by atoms with Gasteiger partial charge in [0.15, 0.2) is 0 Å². The first-order valence-electron chi connectivity index (χ1n) is 9.06. The highest BCUT2D eigenvalue weighted by Crippen LogP contribution is 2.30. The van der Waals surface area contributed by atoms with E-state index in [-0.39, 0.29) is 23.8 Å². The van der Waals surface area contributed by atoms with Gasteiger partial charge in [-0.2, -0.15) is 22.5 Å². The second kappa shape index (κ2) is 7.93. The van der Waals surface area contributed by atoms with Crippen molar-refractivity contribution in [3.63, 3.8) is 0 Å². The van der Waals surface area contributed by atoms with Crippen molar-refractivity contribution < 1.29 is 35.2 Å². The van der Waals surface area contributed by atoms with Crippen LogP contribution < -0.4 is 4.74 Å². The third kappa shape index (κ3) is 4.54. The molecule has 0 bridgehead atoms. The largest absolute Gasteiger partial charge is 0.489 e. The number of benzene rings is 2. The predicted molar refractivity (Wildman–Crippen MR) is 98.9 cm³/mol. The molecular weight excluding hydrogens is 442 g/mol. The summed E-state index contributed by atoms with van der Waals surface area (Å²) in [6.45, 7) is 0.297. The van der Waals surface area contributed by atoms with Crippen molar-refractivity contribution in [1.82, 2.24) is 14.4 Å². The monoisotopic (exact) mass is 457 g/mol. The number of sulfonamides is 1. The smallest absolute Gasteiger partial charge is 0.471 e. The summed E-state index contributed by atoms with van der Waals surface area (Å²) in [7, 11) is -3.84. The Kier molecular flexibility index (Phi) is 5.43. The van der Waals surface area contributed by atoms with Gasteiger partial charge in [0.25, 0.3) is 0 Å². The van der Waals surface area contributed by atoms with Gasteiger partial charge < -0.3 is 9.26 Å². The molecule has 4 rings (SSSR count). The Labute approximate surface area is 174 Å². The first kappa shape index (κ1) is 21.2. The Morgan fingerprint density at radius 2 is 1.87 bits per heavy atom. The van der Waals surface area contributed by atoms with Gasteiger partial charge in [0.05, 0.1) is 11.4 Å². The van der Waals surface area contributed by atoms with E-state index in [2.05, 4.69) is 14.7 Å². The molecule has 2 aromatic carbocycles. The fourth-order valence-corrected chi connectivity index (χ4v) is 4.64. The van der Waals surface area contributed by atoms with Crippen LogP contribution in [0.2, 0.25) is 0 Å². The molecule has 0 aliphatic carbocycles. The number of ether oxygens (including phenoxy) is 1. The highest BCUT2D eigenvalue weighted by atomic mass is 32.2. The second-order valence-corrected chi connectivity index (χ2v) is 8.73. The van der Waals surface area contributed by atoms with Gasteiger partial charge in [-0.3, -0.25) is 0 Å². The number of nitrogens with zero attached hydrogens (tertiary/aromatic N) is 3. The van der Waals surface area contributed by atoms with Crippen LogP contribution in [0.5, 0.6) is 5.75 Å². The van der Waals surface area contributed by atoms with Crippen LogP contribution in [-0.2, 0) is 16.2 Å². The standard InChI is InChI=1S/C19H15F4N3O4S/c20-13-2-1-3-16(10-13)31(27,28)26-9-8-15(11-26)29-14-6-4-12(5-7-14)17-24-18(30-25-17)19(21,22)23/h1-7,10,15H,8-9,11H2/t15-/m1/s1. The molecule has 1 atom stereocenters. The van der Waals surface area contributed by atoms with E-state index in [0.29, 0.717) is 17.7 Å². The number of hydrogen-bond acceptors (Lipinski definition) is 6. The summed E-state index contributed by atoms with van der Waals surface area (Å²) in [5.74, 6) is -1.89. The first-order chi connectivity index (χ1) is 14.6. The van der Waals surface area contributed by atoms with Gasteiger partial charge in [-0.15, -0.1) is 0 Å². The zero-order valence-electron chi connectivity index (χ0n) is 15.7. The van der Waals surface area contributed by atoms with Crippen molar-refractivity contribution in [2.24, 2.45) is 0 Å². The number of hydrogen-bond donors (Lipinski definition) is 0. The number of aromatic nitrogens is 2. The number of alkyl halides is 3. The van der Waals surface area contributed by atoms with Gasteiger partial charge >= 0.3 is 12.1 Å². The Hall–Kier alpha value is -2.99. The molecule has 0 unspecified atom stereocenters. The average Bonchev–Trinajstić information content (AvgIpc) is 3.38. The van der Waals surface area contributed by atoms with Crippen molar-refractivity contribution >= 4 is 10.0 Å². The summed E-state index contributed by atoms with van der Waals surface area (Å²) >= 11 is 0. The Morgan fingerprint density at radius 3 is 2.52 bits per heavy atom. The predicted octanol–water partition coefficient (Wildman–Crippen LogP) is 3.74. The van der Waals surface area contributed by atoms with E-state index in [1.807, 2.05) is 0 Å². The second-order valence-electron chi connectivity index (χ2n) is 6.79. The topological polar surface area (TPSA) is 85.5 Å². The normalized spacial score (nSPS) is 17.7. The van der Waals surface area contributed by atoms with E-state index in [1.165, 1.54) is 40.7 Å². The lowest BCUT2D eigenvalue weighted by Crippen LogP contribution is -2.31. The van der Waals surface area contributed by atoms with E-state index in [9.17, 15) is 26.0 Å². The molecule has 1 fully saturated rings. The van der Waals surface area contributed by atoms with Crippen LogP contribution in [0.15, 0.2) is 57.9 Å². The number of rotatable bonds is 5. The summed E-state index contributed by atoms with van der Waals surface area (Å²) < 4.78 is 87.6. The minimum absolute atomic E-state index is 0.0837. The van der Waals surface area contributed by atoms with Gasteiger partial charge in [-0.05, 0) is 48.9 Å². The van der Waals surface area contributed by atoms with E-state index < -0.39 is 34.0 Å². The van der Waals surface area contributed by atoms with Crippen LogP contribution in [-0.4, -0.2) is 42.1 Å². The zero-order valence-corrected chi connectivity index (χ0v) is 16.5. The van der Waals surface area contributed by atoms with Gasteiger partial charge in [-0.25, -0.2) is 12.8 Å². The highest BCUT2D eigenvalue weighted by molar-refractivity contribution is 7.89. The summed E-state index contributed by atoms with van der Waals surface area (Å²) in [4.78, 5) is 3.18. The molecule has 1 aliphatic rings. The quantitative estimate of drug-likeness (QED) is 0.543. The van der Waals surface area contributed by atoms with Crippen molar-refractivity contribution in [1.29, 1.82) is 0 Å². The van der Waals surface area contributed by atoms with Crippen LogP contribution in [0.4, 0.5) is 17.6 Å². The van der Waals surface area contributed by atoms with Gasteiger partial charge in [-0.1, -0.05) is 11.2 Å². The summed E-state index contributed by atoms with van der Waals surface area (Å²) in [6, 6.07) is 10.8. The van der Waals surface area contributed by atoms with Crippen molar-refractivity contribution in [2.75, 3.05) is 13.1 Å². The molecular formula is C19H15F4N3O4S. The van der Waals surface area contributed by atoms with Crippen LogP contribution in [0.3, 0.4) is 0 Å². The molecule has 0 radical (unpaired) electrons. The maximum Gasteiger partial charge on any atom is 0.471 e. The molecule has 3 aromatic rings. The van der Waals surface area contributed by atoms with E-state index in [0.717, 1.165) is 12.1 Å². The molecule has 0 amide bonds. The Bertz CT molecular complexity index is 1180. The maximum absolute atomic E-state index is 13.4. The summed E-state index contributed by atoms with van der Waals surface area (Å²) in [5.41, 5.74) is 0.299. The molecule has 0 saturated carbocycles. The maximum atomic E-state index is 13.4. The minimum Gasteiger partial charge on any atom is -0.489 e. The van der Waals surface area contributed by atoms with Gasteiger partial charge in [0.1, 0.15) is 17.7 Å². The molecule has 2 heterocycles. The third-order valence-corrected chi connectivity index (χ3v) is 6.49. The molecule has 0 spiro atoms. The summed E-state index contributed by atoms with van der Waals surface area (Å²) in [5, 5.41) is 3.31. The molecule has 1 aromatic heterocycles. The SMILES string of the molecule is O=S(=O)(c1cccc(F)c1)N1CC[C@@H](Oc2ccc(-c3noc(C(F)(F)F)n3)cc2)C1. The van der Waals surface area contributed by atoms with E-state index >= 15 is 0 Å². The lowest BCUT2D eigenvalue weighted by atomic mass is 10.2. The molecule has 1 aliphatic heterocycles. The minimum atomic E-state index is -4.73. The lowest BCUT2D eigenvalue weighted by molar-refractivity contribution is -0.159. The van der Waals surface area contributed by atoms with Crippen LogP contribution in [0.1, 0.15) is 12.3 Å². The lowest BCUT2D eigenvalue weighted by Gasteiger charge is -2.17.